The normalized spacial score (nSPS) is 22.4. The summed E-state index contributed by atoms with van der Waals surface area (Å²) in [6, 6.07) is 7.83. The van der Waals surface area contributed by atoms with E-state index < -0.39 is 0 Å². The van der Waals surface area contributed by atoms with Gasteiger partial charge in [0.2, 0.25) is 0 Å². The fourth-order valence-electron chi connectivity index (χ4n) is 1.69. The molecular formula is C10H14ClN3. The third-order valence-corrected chi connectivity index (χ3v) is 2.82. The summed E-state index contributed by atoms with van der Waals surface area (Å²) >= 11 is 6.20. The van der Waals surface area contributed by atoms with Gasteiger partial charge in [-0.15, -0.1) is 0 Å². The summed E-state index contributed by atoms with van der Waals surface area (Å²) in [5.74, 6) is 0. The number of halogens is 1. The molecule has 3 nitrogen and oxygen atoms in total. The number of nitrogen functional groups attached to an aromatic ring is 1. The number of nitrogens with one attached hydrogen (secondary N) is 1. The van der Waals surface area contributed by atoms with E-state index in [1.54, 1.807) is 0 Å². The summed E-state index contributed by atoms with van der Waals surface area (Å²) < 4.78 is 0. The van der Waals surface area contributed by atoms with E-state index in [0.717, 1.165) is 31.0 Å². The van der Waals surface area contributed by atoms with Crippen molar-refractivity contribution in [3.8, 4) is 0 Å². The van der Waals surface area contributed by atoms with E-state index in [9.17, 15) is 0 Å². The van der Waals surface area contributed by atoms with Gasteiger partial charge in [0, 0.05) is 19.6 Å². The summed E-state index contributed by atoms with van der Waals surface area (Å²) in [6.45, 7) is 2.66. The molecule has 2 rings (SSSR count). The number of anilines is 2. The van der Waals surface area contributed by atoms with E-state index in [1.807, 2.05) is 24.3 Å². The maximum absolute atomic E-state index is 6.20. The molecule has 0 aliphatic carbocycles. The molecule has 1 saturated heterocycles. The number of rotatable bonds is 1. The van der Waals surface area contributed by atoms with E-state index >= 15 is 0 Å². The molecular weight excluding hydrogens is 198 g/mol. The standard InChI is InChI=1S/C10H14ClN3/c11-10-7-13-5-6-14(10)9-4-2-1-3-8(9)12/h1-4,10,13H,5-7,12H2. The highest BCUT2D eigenvalue weighted by atomic mass is 35.5. The smallest absolute Gasteiger partial charge is 0.116 e. The first-order chi connectivity index (χ1) is 6.79. The van der Waals surface area contributed by atoms with Gasteiger partial charge >= 0.3 is 0 Å². The van der Waals surface area contributed by atoms with Crippen LogP contribution in [-0.2, 0) is 0 Å². The van der Waals surface area contributed by atoms with Crippen LogP contribution in [0.15, 0.2) is 24.3 Å². The molecule has 1 unspecified atom stereocenters. The van der Waals surface area contributed by atoms with E-state index in [4.69, 9.17) is 17.3 Å². The average molecular weight is 212 g/mol. The van der Waals surface area contributed by atoms with Crippen molar-refractivity contribution in [2.75, 3.05) is 30.3 Å². The molecule has 0 aromatic heterocycles. The van der Waals surface area contributed by atoms with Gasteiger partial charge in [0.15, 0.2) is 0 Å². The summed E-state index contributed by atoms with van der Waals surface area (Å²) in [5.41, 5.74) is 7.71. The zero-order valence-electron chi connectivity index (χ0n) is 7.91. The second-order valence-electron chi connectivity index (χ2n) is 3.39. The van der Waals surface area contributed by atoms with E-state index in [-0.39, 0.29) is 5.50 Å². The third kappa shape index (κ3) is 1.79. The lowest BCUT2D eigenvalue weighted by molar-refractivity contribution is 0.559. The Morgan fingerprint density at radius 1 is 1.43 bits per heavy atom. The monoisotopic (exact) mass is 211 g/mol. The SMILES string of the molecule is Nc1ccccc1N1CCNCC1Cl. The Kier molecular flexibility index (Phi) is 2.79. The molecule has 1 aliphatic rings. The van der Waals surface area contributed by atoms with Gasteiger partial charge in [0.1, 0.15) is 5.50 Å². The van der Waals surface area contributed by atoms with Gasteiger partial charge in [-0.25, -0.2) is 0 Å². The van der Waals surface area contributed by atoms with Gasteiger partial charge < -0.3 is 16.0 Å². The molecule has 4 heteroatoms. The van der Waals surface area contributed by atoms with Crippen LogP contribution in [0.4, 0.5) is 11.4 Å². The van der Waals surface area contributed by atoms with Gasteiger partial charge in [-0.2, -0.15) is 0 Å². The zero-order chi connectivity index (χ0) is 9.97. The maximum Gasteiger partial charge on any atom is 0.116 e. The van der Waals surface area contributed by atoms with Gasteiger partial charge in [0.05, 0.1) is 11.4 Å². The Balaban J connectivity index is 2.25. The third-order valence-electron chi connectivity index (χ3n) is 2.43. The number of hydrogen-bond acceptors (Lipinski definition) is 3. The van der Waals surface area contributed by atoms with Crippen molar-refractivity contribution in [3.63, 3.8) is 0 Å². The summed E-state index contributed by atoms with van der Waals surface area (Å²) in [6.07, 6.45) is 0. The molecule has 1 aromatic rings. The second-order valence-corrected chi connectivity index (χ2v) is 3.89. The first-order valence-corrected chi connectivity index (χ1v) is 5.18. The fourth-order valence-corrected chi connectivity index (χ4v) is 2.00. The van der Waals surface area contributed by atoms with E-state index in [2.05, 4.69) is 10.2 Å². The minimum atomic E-state index is -0.00606. The molecule has 0 amide bonds. The Bertz CT molecular complexity index is 316. The number of hydrogen-bond donors (Lipinski definition) is 2. The molecule has 1 atom stereocenters. The molecule has 1 aliphatic heterocycles. The minimum absolute atomic E-state index is 0.00606. The molecule has 14 heavy (non-hydrogen) atoms. The molecule has 0 saturated carbocycles. The Hall–Kier alpha value is -0.930. The molecule has 1 heterocycles. The highest BCUT2D eigenvalue weighted by Gasteiger charge is 2.20. The Morgan fingerprint density at radius 3 is 2.93 bits per heavy atom. The number of nitrogens with zero attached hydrogens (tertiary/aromatic N) is 1. The van der Waals surface area contributed by atoms with Crippen molar-refractivity contribution in [1.82, 2.24) is 5.32 Å². The summed E-state index contributed by atoms with van der Waals surface area (Å²) in [5, 5.41) is 3.24. The van der Waals surface area contributed by atoms with Crippen molar-refractivity contribution in [2.24, 2.45) is 0 Å². The van der Waals surface area contributed by atoms with Crippen LogP contribution in [0.1, 0.15) is 0 Å². The second kappa shape index (κ2) is 4.07. The van der Waals surface area contributed by atoms with E-state index in [0.29, 0.717) is 0 Å². The quantitative estimate of drug-likeness (QED) is 0.417. The molecule has 1 fully saturated rings. The van der Waals surface area contributed by atoms with Crippen molar-refractivity contribution < 1.29 is 0 Å². The molecule has 0 spiro atoms. The Morgan fingerprint density at radius 2 is 2.21 bits per heavy atom. The van der Waals surface area contributed by atoms with E-state index in [1.165, 1.54) is 0 Å². The van der Waals surface area contributed by atoms with Crippen LogP contribution >= 0.6 is 11.6 Å². The lowest BCUT2D eigenvalue weighted by atomic mass is 10.2. The Labute approximate surface area is 88.8 Å². The number of benzene rings is 1. The predicted octanol–water partition coefficient (Wildman–Crippen LogP) is 1.24. The first kappa shape index (κ1) is 9.62. The van der Waals surface area contributed by atoms with Crippen LogP contribution in [0.25, 0.3) is 0 Å². The molecule has 76 valence electrons. The predicted molar refractivity (Wildman–Crippen MR) is 60.7 cm³/mol. The topological polar surface area (TPSA) is 41.3 Å². The van der Waals surface area contributed by atoms with Gasteiger partial charge in [-0.3, -0.25) is 0 Å². The van der Waals surface area contributed by atoms with Gasteiger partial charge in [-0.1, -0.05) is 23.7 Å². The lowest BCUT2D eigenvalue weighted by Crippen LogP contribution is -2.48. The zero-order valence-corrected chi connectivity index (χ0v) is 8.67. The van der Waals surface area contributed by atoms with Crippen molar-refractivity contribution in [2.45, 2.75) is 5.50 Å². The fraction of sp³-hybridized carbons (Fsp3) is 0.400. The largest absolute Gasteiger partial charge is 0.397 e. The van der Waals surface area contributed by atoms with Crippen LogP contribution in [0.2, 0.25) is 0 Å². The number of nitrogens with two attached hydrogens (primary N) is 1. The highest BCUT2D eigenvalue weighted by Crippen LogP contribution is 2.26. The van der Waals surface area contributed by atoms with Crippen LogP contribution in [0.5, 0.6) is 0 Å². The van der Waals surface area contributed by atoms with Crippen molar-refractivity contribution >= 4 is 23.0 Å². The summed E-state index contributed by atoms with van der Waals surface area (Å²) in [4.78, 5) is 2.13. The lowest BCUT2D eigenvalue weighted by Gasteiger charge is -2.34. The number of piperazine rings is 1. The van der Waals surface area contributed by atoms with Crippen molar-refractivity contribution in [3.05, 3.63) is 24.3 Å². The van der Waals surface area contributed by atoms with Crippen LogP contribution in [0, 0.1) is 0 Å². The molecule has 0 bridgehead atoms. The van der Waals surface area contributed by atoms with Gasteiger partial charge in [-0.05, 0) is 12.1 Å². The first-order valence-electron chi connectivity index (χ1n) is 4.75. The summed E-state index contributed by atoms with van der Waals surface area (Å²) in [7, 11) is 0. The van der Waals surface area contributed by atoms with Crippen LogP contribution < -0.4 is 16.0 Å². The molecule has 1 aromatic carbocycles. The molecule has 3 N–H and O–H groups in total. The van der Waals surface area contributed by atoms with Crippen LogP contribution in [-0.4, -0.2) is 25.1 Å². The van der Waals surface area contributed by atoms with Gasteiger partial charge in [0.25, 0.3) is 0 Å². The maximum atomic E-state index is 6.20. The average Bonchev–Trinajstić information content (AvgIpc) is 2.20. The number of para-hydroxylation sites is 2. The minimum Gasteiger partial charge on any atom is -0.397 e. The van der Waals surface area contributed by atoms with Crippen molar-refractivity contribution in [1.29, 1.82) is 0 Å². The number of alkyl halides is 1. The highest BCUT2D eigenvalue weighted by molar-refractivity contribution is 6.22. The van der Waals surface area contributed by atoms with Crippen LogP contribution in [0.3, 0.4) is 0 Å². The molecule has 0 radical (unpaired) electrons.